The Morgan fingerprint density at radius 3 is 2.57 bits per heavy atom. The van der Waals surface area contributed by atoms with Crippen molar-refractivity contribution in [1.82, 2.24) is 5.32 Å². The summed E-state index contributed by atoms with van der Waals surface area (Å²) in [4.78, 5) is 0. The van der Waals surface area contributed by atoms with Gasteiger partial charge in [0.25, 0.3) is 0 Å². The van der Waals surface area contributed by atoms with Gasteiger partial charge in [0.05, 0.1) is 0 Å². The zero-order valence-corrected chi connectivity index (χ0v) is 9.27. The molecule has 1 aliphatic rings. The third kappa shape index (κ3) is 1.67. The fourth-order valence-electron chi connectivity index (χ4n) is 2.33. The molecule has 2 heteroatoms. The van der Waals surface area contributed by atoms with Gasteiger partial charge in [0.2, 0.25) is 0 Å². The minimum Gasteiger partial charge on any atom is -0.307 e. The monoisotopic (exact) mass is 209 g/mol. The van der Waals surface area contributed by atoms with Crippen molar-refractivity contribution in [3.8, 4) is 0 Å². The van der Waals surface area contributed by atoms with Gasteiger partial charge in [0, 0.05) is 10.6 Å². The van der Waals surface area contributed by atoms with Crippen LogP contribution in [0.1, 0.15) is 31.7 Å². The Labute approximate surface area is 90.5 Å². The van der Waals surface area contributed by atoms with Crippen LogP contribution in [-0.4, -0.2) is 6.54 Å². The zero-order chi connectivity index (χ0) is 10.0. The second-order valence-electron chi connectivity index (χ2n) is 3.97. The second kappa shape index (κ2) is 3.92. The first kappa shape index (κ1) is 10.0. The lowest BCUT2D eigenvalue weighted by Crippen LogP contribution is -2.35. The highest BCUT2D eigenvalue weighted by Crippen LogP contribution is 2.34. The van der Waals surface area contributed by atoms with E-state index in [4.69, 9.17) is 11.6 Å². The number of halogens is 1. The van der Waals surface area contributed by atoms with Crippen molar-refractivity contribution in [3.05, 3.63) is 34.9 Å². The van der Waals surface area contributed by atoms with Gasteiger partial charge in [0.1, 0.15) is 0 Å². The van der Waals surface area contributed by atoms with E-state index in [0.29, 0.717) is 0 Å². The van der Waals surface area contributed by atoms with Crippen molar-refractivity contribution < 1.29 is 0 Å². The summed E-state index contributed by atoms with van der Waals surface area (Å²) >= 11 is 5.89. The molecule has 0 saturated carbocycles. The zero-order valence-electron chi connectivity index (χ0n) is 8.52. The lowest BCUT2D eigenvalue weighted by Gasteiger charge is -2.28. The van der Waals surface area contributed by atoms with Crippen LogP contribution in [0.15, 0.2) is 24.3 Å². The maximum Gasteiger partial charge on any atom is 0.0432 e. The standard InChI is InChI=1S/C12H16ClN/c1-2-12(8-3-9-14-12)10-4-6-11(13)7-5-10/h4-7,14H,2-3,8-9H2,1H3. The Kier molecular flexibility index (Phi) is 2.80. The largest absolute Gasteiger partial charge is 0.307 e. The number of hydrogen-bond acceptors (Lipinski definition) is 1. The maximum atomic E-state index is 5.89. The quantitative estimate of drug-likeness (QED) is 0.788. The van der Waals surface area contributed by atoms with Crippen molar-refractivity contribution in [2.75, 3.05) is 6.54 Å². The van der Waals surface area contributed by atoms with E-state index in [-0.39, 0.29) is 5.54 Å². The molecule has 0 amide bonds. The third-order valence-electron chi connectivity index (χ3n) is 3.24. The van der Waals surface area contributed by atoms with Crippen molar-refractivity contribution in [3.63, 3.8) is 0 Å². The predicted molar refractivity (Wildman–Crippen MR) is 60.7 cm³/mol. The average molecular weight is 210 g/mol. The highest BCUT2D eigenvalue weighted by molar-refractivity contribution is 6.30. The van der Waals surface area contributed by atoms with Gasteiger partial charge in [-0.3, -0.25) is 0 Å². The fourth-order valence-corrected chi connectivity index (χ4v) is 2.45. The molecule has 1 heterocycles. The van der Waals surface area contributed by atoms with Crippen molar-refractivity contribution >= 4 is 11.6 Å². The third-order valence-corrected chi connectivity index (χ3v) is 3.50. The van der Waals surface area contributed by atoms with Crippen molar-refractivity contribution in [2.24, 2.45) is 0 Å². The molecule has 14 heavy (non-hydrogen) atoms. The Bertz CT molecular complexity index is 299. The van der Waals surface area contributed by atoms with Gasteiger partial charge < -0.3 is 5.32 Å². The summed E-state index contributed by atoms with van der Waals surface area (Å²) < 4.78 is 0. The van der Waals surface area contributed by atoms with E-state index in [9.17, 15) is 0 Å². The Morgan fingerprint density at radius 1 is 1.36 bits per heavy atom. The summed E-state index contributed by atoms with van der Waals surface area (Å²) in [5.74, 6) is 0. The topological polar surface area (TPSA) is 12.0 Å². The summed E-state index contributed by atoms with van der Waals surface area (Å²) in [6, 6.07) is 8.25. The molecular weight excluding hydrogens is 194 g/mol. The molecule has 0 aliphatic carbocycles. The van der Waals surface area contributed by atoms with Crippen LogP contribution < -0.4 is 5.32 Å². The van der Waals surface area contributed by atoms with E-state index in [1.165, 1.54) is 18.4 Å². The van der Waals surface area contributed by atoms with Gasteiger partial charge in [-0.1, -0.05) is 30.7 Å². The molecule has 1 nitrogen and oxygen atoms in total. The average Bonchev–Trinajstić information content (AvgIpc) is 2.68. The van der Waals surface area contributed by atoms with E-state index in [2.05, 4.69) is 24.4 Å². The van der Waals surface area contributed by atoms with Crippen molar-refractivity contribution in [2.45, 2.75) is 31.7 Å². The van der Waals surface area contributed by atoms with Gasteiger partial charge in [0.15, 0.2) is 0 Å². The van der Waals surface area contributed by atoms with E-state index in [0.717, 1.165) is 18.0 Å². The molecule has 1 aliphatic heterocycles. The molecule has 1 atom stereocenters. The van der Waals surface area contributed by atoms with Gasteiger partial charge >= 0.3 is 0 Å². The lowest BCUT2D eigenvalue weighted by atomic mass is 9.86. The Morgan fingerprint density at radius 2 is 2.07 bits per heavy atom. The predicted octanol–water partition coefficient (Wildman–Crippen LogP) is 3.33. The van der Waals surface area contributed by atoms with E-state index >= 15 is 0 Å². The number of hydrogen-bond donors (Lipinski definition) is 1. The van der Waals surface area contributed by atoms with Crippen LogP contribution in [-0.2, 0) is 5.54 Å². The van der Waals surface area contributed by atoms with Gasteiger partial charge in [-0.2, -0.15) is 0 Å². The minimum absolute atomic E-state index is 0.213. The molecule has 1 fully saturated rings. The molecule has 0 radical (unpaired) electrons. The summed E-state index contributed by atoms with van der Waals surface area (Å²) in [6.45, 7) is 3.38. The lowest BCUT2D eigenvalue weighted by molar-refractivity contribution is 0.376. The van der Waals surface area contributed by atoms with E-state index in [1.54, 1.807) is 0 Å². The van der Waals surface area contributed by atoms with Crippen LogP contribution in [0.2, 0.25) is 5.02 Å². The van der Waals surface area contributed by atoms with Crippen molar-refractivity contribution in [1.29, 1.82) is 0 Å². The smallest absolute Gasteiger partial charge is 0.0432 e. The molecule has 0 bridgehead atoms. The Hall–Kier alpha value is -0.530. The molecule has 76 valence electrons. The van der Waals surface area contributed by atoms with Gasteiger partial charge in [-0.15, -0.1) is 0 Å². The van der Waals surface area contributed by atoms with Crippen LogP contribution in [0.4, 0.5) is 0 Å². The number of rotatable bonds is 2. The molecule has 0 spiro atoms. The molecule has 1 saturated heterocycles. The summed E-state index contributed by atoms with van der Waals surface area (Å²) in [7, 11) is 0. The molecule has 1 aromatic carbocycles. The molecule has 1 unspecified atom stereocenters. The van der Waals surface area contributed by atoms with Crippen LogP contribution >= 0.6 is 11.6 Å². The molecule has 1 aromatic rings. The van der Waals surface area contributed by atoms with Crippen LogP contribution in [0, 0.1) is 0 Å². The minimum atomic E-state index is 0.213. The fraction of sp³-hybridized carbons (Fsp3) is 0.500. The van der Waals surface area contributed by atoms with Crippen LogP contribution in [0.25, 0.3) is 0 Å². The maximum absolute atomic E-state index is 5.89. The highest BCUT2D eigenvalue weighted by atomic mass is 35.5. The molecule has 1 N–H and O–H groups in total. The van der Waals surface area contributed by atoms with E-state index in [1.807, 2.05) is 12.1 Å². The molecule has 2 rings (SSSR count). The first-order chi connectivity index (χ1) is 6.77. The molecular formula is C12H16ClN. The first-order valence-corrected chi connectivity index (χ1v) is 5.66. The van der Waals surface area contributed by atoms with Gasteiger partial charge in [-0.25, -0.2) is 0 Å². The van der Waals surface area contributed by atoms with Crippen LogP contribution in [0.3, 0.4) is 0 Å². The Balaban J connectivity index is 2.31. The van der Waals surface area contributed by atoms with E-state index < -0.39 is 0 Å². The second-order valence-corrected chi connectivity index (χ2v) is 4.41. The molecule has 0 aromatic heterocycles. The summed E-state index contributed by atoms with van der Waals surface area (Å²) in [5, 5.41) is 4.43. The number of benzene rings is 1. The number of nitrogens with one attached hydrogen (secondary N) is 1. The highest BCUT2D eigenvalue weighted by Gasteiger charge is 2.32. The van der Waals surface area contributed by atoms with Gasteiger partial charge in [-0.05, 0) is 43.5 Å². The summed E-state index contributed by atoms with van der Waals surface area (Å²) in [6.07, 6.45) is 3.66. The SMILES string of the molecule is CCC1(c2ccc(Cl)cc2)CCCN1. The first-order valence-electron chi connectivity index (χ1n) is 5.28. The summed E-state index contributed by atoms with van der Waals surface area (Å²) in [5.41, 5.74) is 1.59. The van der Waals surface area contributed by atoms with Crippen LogP contribution in [0.5, 0.6) is 0 Å². The normalized spacial score (nSPS) is 26.7.